The minimum atomic E-state index is -0.186. The predicted molar refractivity (Wildman–Crippen MR) is 96.1 cm³/mol. The summed E-state index contributed by atoms with van der Waals surface area (Å²) in [6, 6.07) is 3.54. The molecule has 0 radical (unpaired) electrons. The molecule has 3 rings (SSSR count). The van der Waals surface area contributed by atoms with E-state index in [0.29, 0.717) is 57.6 Å². The van der Waals surface area contributed by atoms with Gasteiger partial charge in [-0.2, -0.15) is 0 Å². The average Bonchev–Trinajstić information content (AvgIpc) is 2.59. The Bertz CT molecular complexity index is 861. The summed E-state index contributed by atoms with van der Waals surface area (Å²) < 4.78 is 26.1. The van der Waals surface area contributed by atoms with E-state index >= 15 is 0 Å². The van der Waals surface area contributed by atoms with E-state index in [1.807, 2.05) is 6.08 Å². The van der Waals surface area contributed by atoms with Crippen molar-refractivity contribution in [2.75, 3.05) is 13.7 Å². The van der Waals surface area contributed by atoms with Crippen LogP contribution in [0.5, 0.6) is 11.5 Å². The minimum absolute atomic E-state index is 0.186. The third-order valence-electron chi connectivity index (χ3n) is 3.71. The van der Waals surface area contributed by atoms with Crippen molar-refractivity contribution < 1.29 is 13.9 Å². The van der Waals surface area contributed by atoms with E-state index in [4.69, 9.17) is 9.47 Å². The Balaban J connectivity index is 2.22. The summed E-state index contributed by atoms with van der Waals surface area (Å²) in [7, 11) is 1.56. The molecule has 1 aliphatic carbocycles. The molecule has 0 spiro atoms. The van der Waals surface area contributed by atoms with Gasteiger partial charge in [0.15, 0.2) is 11.5 Å². The van der Waals surface area contributed by atoms with Crippen molar-refractivity contribution in [2.45, 2.75) is 12.8 Å². The van der Waals surface area contributed by atoms with E-state index in [-0.39, 0.29) is 5.83 Å². The zero-order valence-electron chi connectivity index (χ0n) is 13.2. The van der Waals surface area contributed by atoms with Gasteiger partial charge < -0.3 is 9.47 Å². The summed E-state index contributed by atoms with van der Waals surface area (Å²) in [5.74, 6) is 0.910. The fourth-order valence-corrected chi connectivity index (χ4v) is 3.24. The number of allylic oxidation sites excluding steroid dienone is 4. The molecule has 0 bridgehead atoms. The summed E-state index contributed by atoms with van der Waals surface area (Å²) in [6.07, 6.45) is 6.06. The molecule has 0 N–H and O–H groups in total. The Hall–Kier alpha value is -2.21. The predicted octanol–water partition coefficient (Wildman–Crippen LogP) is 4.96. The van der Waals surface area contributed by atoms with Crippen LogP contribution < -0.4 is 9.47 Å². The Kier molecular flexibility index (Phi) is 4.94. The van der Waals surface area contributed by atoms with Gasteiger partial charge in [0.1, 0.15) is 18.8 Å². The van der Waals surface area contributed by atoms with E-state index < -0.39 is 0 Å². The number of hydrogen-bond donors (Lipinski definition) is 0. The van der Waals surface area contributed by atoms with Gasteiger partial charge in [0.05, 0.1) is 18.3 Å². The Labute approximate surface area is 147 Å². The summed E-state index contributed by atoms with van der Waals surface area (Å²) in [6.45, 7) is 3.98. The largest absolute Gasteiger partial charge is 0.493 e. The first-order valence-corrected chi connectivity index (χ1v) is 8.26. The number of fused-ring (bicyclic) bond motifs is 1. The molecule has 6 heteroatoms. The number of nitrogens with zero attached hydrogens (tertiary/aromatic N) is 2. The van der Waals surface area contributed by atoms with Gasteiger partial charge in [-0.1, -0.05) is 34.7 Å². The highest BCUT2D eigenvalue weighted by molar-refractivity contribution is 9.12. The Morgan fingerprint density at radius 2 is 2.17 bits per heavy atom. The van der Waals surface area contributed by atoms with Crippen molar-refractivity contribution in [3.63, 3.8) is 0 Å². The van der Waals surface area contributed by atoms with Crippen LogP contribution in [0.3, 0.4) is 0 Å². The van der Waals surface area contributed by atoms with Crippen LogP contribution in [-0.4, -0.2) is 23.7 Å². The maximum Gasteiger partial charge on any atom is 0.162 e. The lowest BCUT2D eigenvalue weighted by Gasteiger charge is -2.16. The molecule has 0 amide bonds. The summed E-state index contributed by atoms with van der Waals surface area (Å²) in [5.41, 5.74) is 1.66. The van der Waals surface area contributed by atoms with E-state index in [9.17, 15) is 4.39 Å². The van der Waals surface area contributed by atoms with Gasteiger partial charge in [-0.3, -0.25) is 0 Å². The van der Waals surface area contributed by atoms with Crippen molar-refractivity contribution >= 4 is 32.4 Å². The van der Waals surface area contributed by atoms with Crippen LogP contribution in [0.1, 0.15) is 18.5 Å². The van der Waals surface area contributed by atoms with Gasteiger partial charge in [0.2, 0.25) is 0 Å². The van der Waals surface area contributed by atoms with E-state index in [2.05, 4.69) is 32.5 Å². The summed E-state index contributed by atoms with van der Waals surface area (Å²) in [5, 5.41) is 0.703. The van der Waals surface area contributed by atoms with Crippen LogP contribution in [0.25, 0.3) is 16.5 Å². The highest BCUT2D eigenvalue weighted by Gasteiger charge is 2.21. The second-order valence-electron chi connectivity index (χ2n) is 5.21. The zero-order valence-corrected chi connectivity index (χ0v) is 14.8. The number of aromatic nitrogens is 2. The number of halogens is 2. The highest BCUT2D eigenvalue weighted by atomic mass is 79.9. The summed E-state index contributed by atoms with van der Waals surface area (Å²) in [4.78, 5) is 8.58. The van der Waals surface area contributed by atoms with Gasteiger partial charge in [-0.15, -0.1) is 0 Å². The maximum absolute atomic E-state index is 14.4. The van der Waals surface area contributed by atoms with Crippen LogP contribution in [0, 0.1) is 0 Å². The van der Waals surface area contributed by atoms with Gasteiger partial charge in [-0.05, 0) is 12.5 Å². The summed E-state index contributed by atoms with van der Waals surface area (Å²) >= 11 is 3.44. The zero-order chi connectivity index (χ0) is 17.1. The second kappa shape index (κ2) is 7.13. The van der Waals surface area contributed by atoms with Gasteiger partial charge in [0.25, 0.3) is 0 Å². The van der Waals surface area contributed by atoms with Crippen LogP contribution in [0.4, 0.5) is 4.39 Å². The number of benzene rings is 1. The SMILES string of the molecule is C=CCOc1cc2c(C3=C(F)CCC=C3Br)ncnc2cc1OC. The standard InChI is InChI=1S/C18H16BrFN2O2/c1-3-7-24-16-8-11-14(9-15(16)23-2)21-10-22-18(11)17-12(19)5-4-6-13(17)20/h3,5,8-10H,1,4,6-7H2,2H3. The third-order valence-corrected chi connectivity index (χ3v) is 4.43. The molecule has 0 fully saturated rings. The molecule has 124 valence electrons. The molecule has 1 aromatic heterocycles. The molecule has 0 aliphatic heterocycles. The molecule has 0 saturated heterocycles. The Morgan fingerprint density at radius 3 is 2.88 bits per heavy atom. The van der Waals surface area contributed by atoms with E-state index in [1.165, 1.54) is 6.33 Å². The van der Waals surface area contributed by atoms with Gasteiger partial charge in [-0.25, -0.2) is 14.4 Å². The first-order chi connectivity index (χ1) is 11.7. The van der Waals surface area contributed by atoms with Crippen molar-refractivity contribution in [3.8, 4) is 11.5 Å². The molecule has 1 aromatic carbocycles. The molecule has 0 unspecified atom stereocenters. The van der Waals surface area contributed by atoms with E-state index in [0.717, 1.165) is 0 Å². The van der Waals surface area contributed by atoms with Crippen molar-refractivity contribution in [1.29, 1.82) is 0 Å². The molecule has 4 nitrogen and oxygen atoms in total. The topological polar surface area (TPSA) is 44.2 Å². The molecular weight excluding hydrogens is 375 g/mol. The van der Waals surface area contributed by atoms with Crippen molar-refractivity contribution in [2.24, 2.45) is 0 Å². The monoisotopic (exact) mass is 390 g/mol. The average molecular weight is 391 g/mol. The number of hydrogen-bond acceptors (Lipinski definition) is 4. The molecule has 1 heterocycles. The lowest BCUT2D eigenvalue weighted by Crippen LogP contribution is -2.01. The van der Waals surface area contributed by atoms with Crippen LogP contribution in [0.15, 0.2) is 47.5 Å². The minimum Gasteiger partial charge on any atom is -0.493 e. The Morgan fingerprint density at radius 1 is 1.33 bits per heavy atom. The lowest BCUT2D eigenvalue weighted by atomic mass is 9.99. The number of ether oxygens (including phenoxy) is 2. The molecule has 1 aliphatic rings. The lowest BCUT2D eigenvalue weighted by molar-refractivity contribution is 0.327. The normalized spacial score (nSPS) is 14.5. The third kappa shape index (κ3) is 3.06. The van der Waals surface area contributed by atoms with E-state index in [1.54, 1.807) is 25.3 Å². The highest BCUT2D eigenvalue weighted by Crippen LogP contribution is 2.40. The molecular formula is C18H16BrFN2O2. The second-order valence-corrected chi connectivity index (χ2v) is 6.07. The first-order valence-electron chi connectivity index (χ1n) is 7.47. The molecule has 0 atom stereocenters. The van der Waals surface area contributed by atoms with Gasteiger partial charge in [0, 0.05) is 27.9 Å². The first kappa shape index (κ1) is 16.6. The van der Waals surface area contributed by atoms with Crippen molar-refractivity contribution in [1.82, 2.24) is 9.97 Å². The molecule has 0 saturated carbocycles. The maximum atomic E-state index is 14.4. The van der Waals surface area contributed by atoms with Crippen LogP contribution in [0.2, 0.25) is 0 Å². The smallest absolute Gasteiger partial charge is 0.162 e. The number of rotatable bonds is 5. The van der Waals surface area contributed by atoms with Gasteiger partial charge >= 0.3 is 0 Å². The fraction of sp³-hybridized carbons (Fsp3) is 0.222. The van der Waals surface area contributed by atoms with Crippen molar-refractivity contribution in [3.05, 3.63) is 53.2 Å². The molecule has 24 heavy (non-hydrogen) atoms. The quantitative estimate of drug-likeness (QED) is 0.676. The van der Waals surface area contributed by atoms with Crippen LogP contribution in [-0.2, 0) is 0 Å². The molecule has 2 aromatic rings. The fourth-order valence-electron chi connectivity index (χ4n) is 2.61. The van der Waals surface area contributed by atoms with Crippen LogP contribution >= 0.6 is 15.9 Å². The number of methoxy groups -OCH3 is 1.